The second-order valence-electron chi connectivity index (χ2n) is 4.35. The average molecular weight is 221 g/mol. The van der Waals surface area contributed by atoms with Gasteiger partial charge in [0.05, 0.1) is 13.2 Å². The molecule has 0 saturated carbocycles. The molecule has 0 aromatic heterocycles. The Hall–Kier alpha value is -1.22. The molecule has 16 heavy (non-hydrogen) atoms. The minimum atomic E-state index is 0.357. The van der Waals surface area contributed by atoms with Crippen molar-refractivity contribution in [3.8, 4) is 11.5 Å². The van der Waals surface area contributed by atoms with Gasteiger partial charge in [-0.1, -0.05) is 13.0 Å². The van der Waals surface area contributed by atoms with Gasteiger partial charge in [-0.25, -0.2) is 0 Å². The number of benzene rings is 1. The van der Waals surface area contributed by atoms with E-state index < -0.39 is 0 Å². The number of fused-ring (bicyclic) bond motifs is 1. The molecule has 0 amide bonds. The number of rotatable bonds is 2. The number of nitrogens with two attached hydrogens (primary N) is 1. The van der Waals surface area contributed by atoms with E-state index in [1.165, 1.54) is 5.56 Å². The standard InChI is InChI=1S/C13H19NO2/c1-9-6-11(10(2)8-14)7-12-13(9)16-5-3-4-15-12/h6-7,10H,3-5,8,14H2,1-2H3. The zero-order chi connectivity index (χ0) is 11.5. The molecule has 3 heteroatoms. The molecule has 1 aromatic carbocycles. The fraction of sp³-hybridized carbons (Fsp3) is 0.538. The van der Waals surface area contributed by atoms with Crippen molar-refractivity contribution in [3.05, 3.63) is 23.3 Å². The zero-order valence-corrected chi connectivity index (χ0v) is 9.95. The molecule has 1 aliphatic heterocycles. The van der Waals surface area contributed by atoms with Crippen LogP contribution in [0.25, 0.3) is 0 Å². The van der Waals surface area contributed by atoms with Crippen LogP contribution in [0.1, 0.15) is 30.4 Å². The third-order valence-corrected chi connectivity index (χ3v) is 2.98. The van der Waals surface area contributed by atoms with Crippen molar-refractivity contribution in [3.63, 3.8) is 0 Å². The fourth-order valence-electron chi connectivity index (χ4n) is 1.90. The van der Waals surface area contributed by atoms with Crippen molar-refractivity contribution in [2.75, 3.05) is 19.8 Å². The Labute approximate surface area is 96.5 Å². The normalized spacial score (nSPS) is 16.7. The summed E-state index contributed by atoms with van der Waals surface area (Å²) < 4.78 is 11.4. The Kier molecular flexibility index (Phi) is 3.34. The topological polar surface area (TPSA) is 44.5 Å². The summed E-state index contributed by atoms with van der Waals surface area (Å²) in [5.74, 6) is 2.12. The predicted octanol–water partition coefficient (Wildman–Crippen LogP) is 2.22. The summed E-state index contributed by atoms with van der Waals surface area (Å²) >= 11 is 0. The lowest BCUT2D eigenvalue weighted by Crippen LogP contribution is -2.09. The van der Waals surface area contributed by atoms with Gasteiger partial charge in [0.25, 0.3) is 0 Å². The highest BCUT2D eigenvalue weighted by Gasteiger charge is 2.16. The molecule has 1 unspecified atom stereocenters. The van der Waals surface area contributed by atoms with Gasteiger partial charge in [0.15, 0.2) is 11.5 Å². The Morgan fingerprint density at radius 2 is 2.06 bits per heavy atom. The monoisotopic (exact) mass is 221 g/mol. The highest BCUT2D eigenvalue weighted by Crippen LogP contribution is 2.36. The van der Waals surface area contributed by atoms with Crippen LogP contribution < -0.4 is 15.2 Å². The van der Waals surface area contributed by atoms with Crippen molar-refractivity contribution in [1.29, 1.82) is 0 Å². The third kappa shape index (κ3) is 2.14. The molecule has 0 aliphatic carbocycles. The van der Waals surface area contributed by atoms with Crippen LogP contribution in [0.3, 0.4) is 0 Å². The first kappa shape index (κ1) is 11.3. The van der Waals surface area contributed by atoms with Crippen LogP contribution in [0.4, 0.5) is 0 Å². The highest BCUT2D eigenvalue weighted by molar-refractivity contribution is 5.50. The van der Waals surface area contributed by atoms with Crippen molar-refractivity contribution in [2.24, 2.45) is 5.73 Å². The van der Waals surface area contributed by atoms with Crippen LogP contribution in [0.2, 0.25) is 0 Å². The van der Waals surface area contributed by atoms with Crippen LogP contribution in [0.15, 0.2) is 12.1 Å². The molecule has 1 atom stereocenters. The lowest BCUT2D eigenvalue weighted by atomic mass is 9.98. The molecule has 2 N–H and O–H groups in total. The van der Waals surface area contributed by atoms with Crippen LogP contribution in [-0.2, 0) is 0 Å². The Bertz CT molecular complexity index is 376. The largest absolute Gasteiger partial charge is 0.490 e. The fourth-order valence-corrected chi connectivity index (χ4v) is 1.90. The van der Waals surface area contributed by atoms with E-state index in [9.17, 15) is 0 Å². The van der Waals surface area contributed by atoms with Crippen molar-refractivity contribution in [1.82, 2.24) is 0 Å². The molecule has 1 heterocycles. The first-order chi connectivity index (χ1) is 7.72. The Morgan fingerprint density at radius 1 is 1.31 bits per heavy atom. The van der Waals surface area contributed by atoms with Crippen molar-refractivity contribution < 1.29 is 9.47 Å². The van der Waals surface area contributed by atoms with Gasteiger partial charge in [-0.2, -0.15) is 0 Å². The van der Waals surface area contributed by atoms with E-state index in [1.54, 1.807) is 0 Å². The number of ether oxygens (including phenoxy) is 2. The lowest BCUT2D eigenvalue weighted by Gasteiger charge is -2.15. The second kappa shape index (κ2) is 4.74. The van der Waals surface area contributed by atoms with Crippen LogP contribution in [0, 0.1) is 6.92 Å². The molecule has 3 nitrogen and oxygen atoms in total. The summed E-state index contributed by atoms with van der Waals surface area (Å²) in [6, 6.07) is 4.20. The SMILES string of the molecule is Cc1cc(C(C)CN)cc2c1OCCCO2. The van der Waals surface area contributed by atoms with Gasteiger partial charge in [-0.05, 0) is 36.6 Å². The van der Waals surface area contributed by atoms with E-state index in [0.717, 1.165) is 36.7 Å². The first-order valence-corrected chi connectivity index (χ1v) is 5.82. The van der Waals surface area contributed by atoms with Gasteiger partial charge in [0.1, 0.15) is 0 Å². The van der Waals surface area contributed by atoms with E-state index in [4.69, 9.17) is 15.2 Å². The van der Waals surface area contributed by atoms with Gasteiger partial charge in [-0.15, -0.1) is 0 Å². The summed E-state index contributed by atoms with van der Waals surface area (Å²) in [7, 11) is 0. The van der Waals surface area contributed by atoms with Gasteiger partial charge >= 0.3 is 0 Å². The van der Waals surface area contributed by atoms with Crippen LogP contribution in [-0.4, -0.2) is 19.8 Å². The van der Waals surface area contributed by atoms with Crippen LogP contribution in [0.5, 0.6) is 11.5 Å². The smallest absolute Gasteiger partial charge is 0.164 e. The molecule has 0 radical (unpaired) electrons. The molecular formula is C13H19NO2. The first-order valence-electron chi connectivity index (χ1n) is 5.82. The van der Waals surface area contributed by atoms with E-state index in [1.807, 2.05) is 0 Å². The van der Waals surface area contributed by atoms with Crippen molar-refractivity contribution >= 4 is 0 Å². The molecule has 1 aromatic rings. The molecule has 0 spiro atoms. The molecule has 88 valence electrons. The molecule has 2 rings (SSSR count). The molecular weight excluding hydrogens is 202 g/mol. The maximum absolute atomic E-state index is 5.70. The lowest BCUT2D eigenvalue weighted by molar-refractivity contribution is 0.296. The maximum atomic E-state index is 5.70. The van der Waals surface area contributed by atoms with Gasteiger partial charge in [0, 0.05) is 6.42 Å². The molecule has 0 fully saturated rings. The van der Waals surface area contributed by atoms with E-state index >= 15 is 0 Å². The summed E-state index contributed by atoms with van der Waals surface area (Å²) in [5.41, 5.74) is 8.05. The quantitative estimate of drug-likeness (QED) is 0.832. The molecule has 0 bridgehead atoms. The number of hydrogen-bond donors (Lipinski definition) is 1. The summed E-state index contributed by atoms with van der Waals surface area (Å²) in [4.78, 5) is 0. The molecule has 0 saturated heterocycles. The molecule has 1 aliphatic rings. The summed E-state index contributed by atoms with van der Waals surface area (Å²) in [6.07, 6.45) is 0.940. The van der Waals surface area contributed by atoms with E-state index in [2.05, 4.69) is 26.0 Å². The minimum Gasteiger partial charge on any atom is -0.490 e. The number of hydrogen-bond acceptors (Lipinski definition) is 3. The average Bonchev–Trinajstić information content (AvgIpc) is 2.53. The second-order valence-corrected chi connectivity index (χ2v) is 4.35. The third-order valence-electron chi connectivity index (χ3n) is 2.98. The van der Waals surface area contributed by atoms with Crippen LogP contribution >= 0.6 is 0 Å². The summed E-state index contributed by atoms with van der Waals surface area (Å²) in [5, 5.41) is 0. The minimum absolute atomic E-state index is 0.357. The number of aryl methyl sites for hydroxylation is 1. The van der Waals surface area contributed by atoms with Gasteiger partial charge in [0.2, 0.25) is 0 Å². The predicted molar refractivity (Wildman–Crippen MR) is 64.3 cm³/mol. The Balaban J connectivity index is 2.39. The maximum Gasteiger partial charge on any atom is 0.164 e. The Morgan fingerprint density at radius 3 is 2.81 bits per heavy atom. The van der Waals surface area contributed by atoms with E-state index in [-0.39, 0.29) is 0 Å². The highest BCUT2D eigenvalue weighted by atomic mass is 16.5. The summed E-state index contributed by atoms with van der Waals surface area (Å²) in [6.45, 7) is 6.30. The zero-order valence-electron chi connectivity index (χ0n) is 9.95. The van der Waals surface area contributed by atoms with Gasteiger partial charge in [-0.3, -0.25) is 0 Å². The van der Waals surface area contributed by atoms with Crippen molar-refractivity contribution in [2.45, 2.75) is 26.2 Å². The van der Waals surface area contributed by atoms with E-state index in [0.29, 0.717) is 12.5 Å². The van der Waals surface area contributed by atoms with Gasteiger partial charge < -0.3 is 15.2 Å².